The molecule has 160 valence electrons. The highest BCUT2D eigenvalue weighted by atomic mass is 35.5. The van der Waals surface area contributed by atoms with Gasteiger partial charge in [-0.25, -0.2) is 8.42 Å². The maximum atomic E-state index is 13.4. The van der Waals surface area contributed by atoms with Crippen molar-refractivity contribution in [3.63, 3.8) is 0 Å². The molecule has 1 amide bonds. The summed E-state index contributed by atoms with van der Waals surface area (Å²) in [6, 6.07) is 16.2. The van der Waals surface area contributed by atoms with Crippen molar-refractivity contribution < 1.29 is 13.2 Å². The van der Waals surface area contributed by atoms with Gasteiger partial charge in [0.1, 0.15) is 0 Å². The zero-order chi connectivity index (χ0) is 22.2. The smallest absolute Gasteiger partial charge is 0.264 e. The number of hydrogen-bond acceptors (Lipinski definition) is 4. The Labute approximate surface area is 190 Å². The summed E-state index contributed by atoms with van der Waals surface area (Å²) in [7, 11) is -3.85. The van der Waals surface area contributed by atoms with Gasteiger partial charge in [0.2, 0.25) is 0 Å². The molecule has 0 saturated heterocycles. The fourth-order valence-corrected chi connectivity index (χ4v) is 5.46. The van der Waals surface area contributed by atoms with Crippen LogP contribution in [0.15, 0.2) is 65.6 Å². The standard InChI is InChI=1S/C22H19Cl2N3O3S/c23-15-7-10-19(25)17(12-15)22(28)26-20-13-16(8-9-18(20)24)31(29,30)27-11-3-5-14-4-1-2-6-21(14)27/h1-2,4,6-10,12-13H,3,5,11,25H2,(H,26,28). The van der Waals surface area contributed by atoms with Crippen LogP contribution in [-0.2, 0) is 16.4 Å². The Morgan fingerprint density at radius 1 is 1.03 bits per heavy atom. The second kappa shape index (κ2) is 8.42. The van der Waals surface area contributed by atoms with Gasteiger partial charge in [0.15, 0.2) is 0 Å². The minimum atomic E-state index is -3.85. The highest BCUT2D eigenvalue weighted by Gasteiger charge is 2.29. The first-order valence-electron chi connectivity index (χ1n) is 9.54. The first-order chi connectivity index (χ1) is 14.8. The Morgan fingerprint density at radius 2 is 1.81 bits per heavy atom. The van der Waals surface area contributed by atoms with Crippen LogP contribution in [0.25, 0.3) is 0 Å². The quantitative estimate of drug-likeness (QED) is 0.520. The molecule has 3 aromatic rings. The third-order valence-corrected chi connectivity index (χ3v) is 7.48. The number of aryl methyl sites for hydroxylation is 1. The van der Waals surface area contributed by atoms with Gasteiger partial charge < -0.3 is 11.1 Å². The molecule has 6 nitrogen and oxygen atoms in total. The summed E-state index contributed by atoms with van der Waals surface area (Å²) in [5, 5.41) is 3.19. The van der Waals surface area contributed by atoms with Crippen molar-refractivity contribution in [3.05, 3.63) is 81.8 Å². The highest BCUT2D eigenvalue weighted by molar-refractivity contribution is 7.92. The number of para-hydroxylation sites is 1. The van der Waals surface area contributed by atoms with Crippen molar-refractivity contribution in [2.75, 3.05) is 21.9 Å². The fourth-order valence-electron chi connectivity index (χ4n) is 3.55. The fraction of sp³-hybridized carbons (Fsp3) is 0.136. The lowest BCUT2D eigenvalue weighted by Gasteiger charge is -2.30. The van der Waals surface area contributed by atoms with Crippen LogP contribution in [0.5, 0.6) is 0 Å². The molecule has 0 unspecified atom stereocenters. The molecule has 0 atom stereocenters. The molecule has 31 heavy (non-hydrogen) atoms. The van der Waals surface area contributed by atoms with E-state index in [1.54, 1.807) is 12.1 Å². The van der Waals surface area contributed by atoms with Gasteiger partial charge >= 0.3 is 0 Å². The van der Waals surface area contributed by atoms with Gasteiger partial charge in [-0.3, -0.25) is 9.10 Å². The number of carbonyl (C=O) groups is 1. The van der Waals surface area contributed by atoms with E-state index in [2.05, 4.69) is 5.32 Å². The predicted octanol–water partition coefficient (Wildman–Crippen LogP) is 4.97. The summed E-state index contributed by atoms with van der Waals surface area (Å²) in [4.78, 5) is 12.7. The molecule has 0 spiro atoms. The van der Waals surface area contributed by atoms with Crippen molar-refractivity contribution in [3.8, 4) is 0 Å². The largest absolute Gasteiger partial charge is 0.398 e. The van der Waals surface area contributed by atoms with Crippen LogP contribution < -0.4 is 15.4 Å². The Balaban J connectivity index is 1.68. The molecular weight excluding hydrogens is 457 g/mol. The monoisotopic (exact) mass is 475 g/mol. The van der Waals surface area contributed by atoms with Gasteiger partial charge in [0.05, 0.1) is 26.9 Å². The van der Waals surface area contributed by atoms with E-state index in [9.17, 15) is 13.2 Å². The second-order valence-corrected chi connectivity index (χ2v) is 9.84. The number of benzene rings is 3. The molecule has 0 radical (unpaired) electrons. The number of hydrogen-bond donors (Lipinski definition) is 2. The molecule has 0 aliphatic carbocycles. The number of anilines is 3. The SMILES string of the molecule is Nc1ccc(Cl)cc1C(=O)Nc1cc(S(=O)(=O)N2CCCc3ccccc32)ccc1Cl. The van der Waals surface area contributed by atoms with Crippen LogP contribution in [0, 0.1) is 0 Å². The first-order valence-corrected chi connectivity index (χ1v) is 11.7. The van der Waals surface area contributed by atoms with Crippen LogP contribution in [0.1, 0.15) is 22.3 Å². The number of fused-ring (bicyclic) bond motifs is 1. The van der Waals surface area contributed by atoms with Crippen molar-refractivity contribution in [2.24, 2.45) is 0 Å². The van der Waals surface area contributed by atoms with Crippen LogP contribution in [0.4, 0.5) is 17.1 Å². The van der Waals surface area contributed by atoms with Gasteiger partial charge in [-0.05, 0) is 60.9 Å². The van der Waals surface area contributed by atoms with Crippen LogP contribution >= 0.6 is 23.2 Å². The average molecular weight is 476 g/mol. The molecule has 1 aliphatic rings. The van der Waals surface area contributed by atoms with Gasteiger partial charge in [0.25, 0.3) is 15.9 Å². The lowest BCUT2D eigenvalue weighted by Crippen LogP contribution is -2.35. The summed E-state index contributed by atoms with van der Waals surface area (Å²) in [5.74, 6) is -0.542. The molecule has 4 rings (SSSR count). The summed E-state index contributed by atoms with van der Waals surface area (Å²) in [6.45, 7) is 0.378. The number of amides is 1. The normalized spacial score (nSPS) is 13.5. The number of sulfonamides is 1. The molecule has 0 saturated carbocycles. The average Bonchev–Trinajstić information content (AvgIpc) is 2.76. The van der Waals surface area contributed by atoms with Crippen molar-refractivity contribution in [1.82, 2.24) is 0 Å². The molecule has 0 aromatic heterocycles. The van der Waals surface area contributed by atoms with E-state index in [4.69, 9.17) is 28.9 Å². The number of nitrogens with two attached hydrogens (primary N) is 1. The van der Waals surface area contributed by atoms with Crippen LogP contribution in [0.3, 0.4) is 0 Å². The number of rotatable bonds is 4. The Kier molecular flexibility index (Phi) is 5.83. The van der Waals surface area contributed by atoms with E-state index in [-0.39, 0.29) is 26.9 Å². The highest BCUT2D eigenvalue weighted by Crippen LogP contribution is 2.34. The summed E-state index contributed by atoms with van der Waals surface area (Å²) >= 11 is 12.2. The van der Waals surface area contributed by atoms with Crippen LogP contribution in [-0.4, -0.2) is 20.9 Å². The lowest BCUT2D eigenvalue weighted by molar-refractivity contribution is 0.102. The van der Waals surface area contributed by atoms with Crippen molar-refractivity contribution in [1.29, 1.82) is 0 Å². The van der Waals surface area contributed by atoms with Gasteiger partial charge in [-0.1, -0.05) is 41.4 Å². The number of halogens is 2. The summed E-state index contributed by atoms with van der Waals surface area (Å²) < 4.78 is 28.2. The molecule has 3 N–H and O–H groups in total. The third-order valence-electron chi connectivity index (χ3n) is 5.10. The van der Waals surface area contributed by atoms with E-state index >= 15 is 0 Å². The lowest BCUT2D eigenvalue weighted by atomic mass is 10.0. The molecule has 3 aromatic carbocycles. The van der Waals surface area contributed by atoms with E-state index in [0.717, 1.165) is 18.4 Å². The topological polar surface area (TPSA) is 92.5 Å². The zero-order valence-electron chi connectivity index (χ0n) is 16.3. The molecule has 1 heterocycles. The molecule has 1 aliphatic heterocycles. The molecular formula is C22H19Cl2N3O3S. The Hall–Kier alpha value is -2.74. The number of nitrogens with zero attached hydrogens (tertiary/aromatic N) is 1. The van der Waals surface area contributed by atoms with Gasteiger partial charge in [0, 0.05) is 17.3 Å². The van der Waals surface area contributed by atoms with Gasteiger partial charge in [-0.15, -0.1) is 0 Å². The third kappa shape index (κ3) is 4.21. The number of carbonyl (C=O) groups excluding carboxylic acids is 1. The van der Waals surface area contributed by atoms with E-state index in [1.165, 1.54) is 34.6 Å². The maximum Gasteiger partial charge on any atom is 0.264 e. The number of nitrogens with one attached hydrogen (secondary N) is 1. The Morgan fingerprint density at radius 3 is 2.61 bits per heavy atom. The summed E-state index contributed by atoms with van der Waals surface area (Å²) in [6.07, 6.45) is 1.55. The predicted molar refractivity (Wildman–Crippen MR) is 125 cm³/mol. The second-order valence-electron chi connectivity index (χ2n) is 7.14. The first kappa shape index (κ1) is 21.5. The van der Waals surface area contributed by atoms with Crippen molar-refractivity contribution >= 4 is 56.2 Å². The Bertz CT molecular complexity index is 1280. The number of nitrogen functional groups attached to an aromatic ring is 1. The van der Waals surface area contributed by atoms with E-state index < -0.39 is 15.9 Å². The zero-order valence-corrected chi connectivity index (χ0v) is 18.6. The van der Waals surface area contributed by atoms with Gasteiger partial charge in [-0.2, -0.15) is 0 Å². The van der Waals surface area contributed by atoms with E-state index in [0.29, 0.717) is 17.3 Å². The molecule has 9 heteroatoms. The minimum Gasteiger partial charge on any atom is -0.398 e. The minimum absolute atomic E-state index is 0.0305. The van der Waals surface area contributed by atoms with E-state index in [1.807, 2.05) is 18.2 Å². The molecule has 0 bridgehead atoms. The molecule has 0 fully saturated rings. The summed E-state index contributed by atoms with van der Waals surface area (Å²) in [5.41, 5.74) is 8.09. The van der Waals surface area contributed by atoms with Crippen molar-refractivity contribution in [2.45, 2.75) is 17.7 Å². The van der Waals surface area contributed by atoms with Crippen LogP contribution in [0.2, 0.25) is 10.0 Å². The maximum absolute atomic E-state index is 13.4.